The normalized spacial score (nSPS) is 10.7. The van der Waals surface area contributed by atoms with Crippen LogP contribution >= 0.6 is 0 Å². The highest BCUT2D eigenvalue weighted by atomic mass is 16.5. The number of benzene rings is 2. The molecule has 0 unspecified atom stereocenters. The number of carbonyl (C=O) groups is 1. The molecule has 5 heteroatoms. The van der Waals surface area contributed by atoms with Crippen LogP contribution in [0.1, 0.15) is 23.6 Å². The maximum absolute atomic E-state index is 12.3. The molecule has 0 spiro atoms. The van der Waals surface area contributed by atoms with Gasteiger partial charge in [0.1, 0.15) is 0 Å². The van der Waals surface area contributed by atoms with Crippen molar-refractivity contribution in [3.8, 4) is 11.5 Å². The molecule has 0 aromatic heterocycles. The first-order valence-corrected chi connectivity index (χ1v) is 8.77. The van der Waals surface area contributed by atoms with E-state index in [2.05, 4.69) is 11.4 Å². The molecule has 2 rings (SSSR count). The summed E-state index contributed by atoms with van der Waals surface area (Å²) in [5.41, 5.74) is 4.17. The van der Waals surface area contributed by atoms with Crippen molar-refractivity contribution < 1.29 is 14.3 Å². The third-order valence-electron chi connectivity index (χ3n) is 3.90. The van der Waals surface area contributed by atoms with Crippen molar-refractivity contribution in [1.29, 1.82) is 0 Å². The zero-order chi connectivity index (χ0) is 19.1. The van der Waals surface area contributed by atoms with Crippen molar-refractivity contribution in [2.75, 3.05) is 32.6 Å². The number of hydrogen-bond acceptors (Lipinski definition) is 4. The van der Waals surface area contributed by atoms with E-state index in [1.165, 1.54) is 0 Å². The van der Waals surface area contributed by atoms with Crippen LogP contribution in [0, 0.1) is 13.8 Å². The Morgan fingerprint density at radius 2 is 1.77 bits per heavy atom. The van der Waals surface area contributed by atoms with Gasteiger partial charge >= 0.3 is 0 Å². The molecule has 0 aliphatic carbocycles. The Morgan fingerprint density at radius 3 is 2.38 bits per heavy atom. The van der Waals surface area contributed by atoms with Crippen molar-refractivity contribution in [3.05, 3.63) is 53.1 Å². The zero-order valence-corrected chi connectivity index (χ0v) is 16.3. The molecule has 0 radical (unpaired) electrons. The molecule has 0 aliphatic heterocycles. The summed E-state index contributed by atoms with van der Waals surface area (Å²) in [4.78, 5) is 14.3. The van der Waals surface area contributed by atoms with Crippen molar-refractivity contribution >= 4 is 11.6 Å². The smallest absolute Gasteiger partial charge is 0.238 e. The van der Waals surface area contributed by atoms with Gasteiger partial charge in [-0.05, 0) is 68.8 Å². The van der Waals surface area contributed by atoms with Crippen molar-refractivity contribution in [2.24, 2.45) is 0 Å². The van der Waals surface area contributed by atoms with E-state index in [1.807, 2.05) is 63.1 Å². The number of nitrogens with one attached hydrogen (secondary N) is 1. The Balaban J connectivity index is 1.95. The average Bonchev–Trinajstić information content (AvgIpc) is 2.55. The lowest BCUT2D eigenvalue weighted by atomic mass is 10.1. The largest absolute Gasteiger partial charge is 0.493 e. The number of ether oxygens (including phenoxy) is 2. The maximum Gasteiger partial charge on any atom is 0.238 e. The Kier molecular flexibility index (Phi) is 7.04. The molecule has 0 saturated carbocycles. The predicted octanol–water partition coefficient (Wildman–Crippen LogP) is 3.78. The topological polar surface area (TPSA) is 50.8 Å². The highest BCUT2D eigenvalue weighted by molar-refractivity contribution is 5.92. The van der Waals surface area contributed by atoms with E-state index in [0.717, 1.165) is 28.1 Å². The molecule has 0 aliphatic rings. The van der Waals surface area contributed by atoms with E-state index in [-0.39, 0.29) is 5.91 Å². The summed E-state index contributed by atoms with van der Waals surface area (Å²) in [5.74, 6) is 1.40. The molecule has 5 nitrogen and oxygen atoms in total. The minimum absolute atomic E-state index is 0.0320. The van der Waals surface area contributed by atoms with Crippen molar-refractivity contribution in [1.82, 2.24) is 4.90 Å². The molecule has 1 N–H and O–H groups in total. The van der Waals surface area contributed by atoms with Crippen LogP contribution in [0.3, 0.4) is 0 Å². The van der Waals surface area contributed by atoms with Gasteiger partial charge in [-0.25, -0.2) is 0 Å². The van der Waals surface area contributed by atoms with Gasteiger partial charge in [0.2, 0.25) is 5.91 Å². The van der Waals surface area contributed by atoms with Crippen molar-refractivity contribution in [2.45, 2.75) is 27.3 Å². The summed E-state index contributed by atoms with van der Waals surface area (Å²) >= 11 is 0. The number of rotatable bonds is 8. The van der Waals surface area contributed by atoms with E-state index < -0.39 is 0 Å². The highest BCUT2D eigenvalue weighted by Gasteiger charge is 2.10. The lowest BCUT2D eigenvalue weighted by molar-refractivity contribution is -0.117. The van der Waals surface area contributed by atoms with Crippen molar-refractivity contribution in [3.63, 3.8) is 0 Å². The van der Waals surface area contributed by atoms with Gasteiger partial charge in [0.05, 0.1) is 20.3 Å². The molecule has 1 amide bonds. The van der Waals surface area contributed by atoms with Crippen LogP contribution in [0.15, 0.2) is 36.4 Å². The quantitative estimate of drug-likeness (QED) is 0.782. The second-order valence-electron chi connectivity index (χ2n) is 6.52. The van der Waals surface area contributed by atoms with Crippen LogP contribution < -0.4 is 14.8 Å². The van der Waals surface area contributed by atoms with Crippen LogP contribution in [-0.2, 0) is 11.3 Å². The van der Waals surface area contributed by atoms with Gasteiger partial charge in [-0.2, -0.15) is 0 Å². The van der Waals surface area contributed by atoms with Gasteiger partial charge in [0.15, 0.2) is 11.5 Å². The van der Waals surface area contributed by atoms with Gasteiger partial charge in [-0.1, -0.05) is 12.1 Å². The second kappa shape index (κ2) is 9.25. The number of anilines is 1. The van der Waals surface area contributed by atoms with Crippen LogP contribution in [0.25, 0.3) is 0 Å². The van der Waals surface area contributed by atoms with Gasteiger partial charge in [-0.15, -0.1) is 0 Å². The summed E-state index contributed by atoms with van der Waals surface area (Å²) in [6, 6.07) is 11.9. The number of carbonyl (C=O) groups excluding carboxylic acids is 1. The number of methoxy groups -OCH3 is 1. The molecular formula is C21H28N2O3. The van der Waals surface area contributed by atoms with E-state index >= 15 is 0 Å². The first kappa shape index (κ1) is 19.8. The summed E-state index contributed by atoms with van der Waals surface area (Å²) in [6.07, 6.45) is 0. The molecule has 2 aromatic rings. The minimum atomic E-state index is -0.0320. The molecule has 0 bridgehead atoms. The molecule has 2 aromatic carbocycles. The number of aryl methyl sites for hydroxylation is 2. The Labute approximate surface area is 155 Å². The maximum atomic E-state index is 12.3. The molecule has 26 heavy (non-hydrogen) atoms. The molecule has 140 valence electrons. The minimum Gasteiger partial charge on any atom is -0.493 e. The summed E-state index contributed by atoms with van der Waals surface area (Å²) < 4.78 is 10.9. The number of nitrogens with zero attached hydrogens (tertiary/aromatic N) is 1. The fourth-order valence-electron chi connectivity index (χ4n) is 2.95. The Morgan fingerprint density at radius 1 is 1.08 bits per heavy atom. The Hall–Kier alpha value is -2.53. The van der Waals surface area contributed by atoms with E-state index in [0.29, 0.717) is 25.4 Å². The third-order valence-corrected chi connectivity index (χ3v) is 3.90. The highest BCUT2D eigenvalue weighted by Crippen LogP contribution is 2.28. The zero-order valence-electron chi connectivity index (χ0n) is 16.3. The van der Waals surface area contributed by atoms with Gasteiger partial charge in [-0.3, -0.25) is 9.69 Å². The summed E-state index contributed by atoms with van der Waals surface area (Å²) in [7, 11) is 3.55. The molecule has 0 saturated heterocycles. The third kappa shape index (κ3) is 5.77. The average molecular weight is 356 g/mol. The van der Waals surface area contributed by atoms with E-state index in [4.69, 9.17) is 9.47 Å². The SMILES string of the molecule is CCOc1ccc(CN(C)CC(=O)Nc2cc(C)cc(C)c2)cc1OC. The van der Waals surface area contributed by atoms with Gasteiger partial charge in [0, 0.05) is 12.2 Å². The number of hydrogen-bond donors (Lipinski definition) is 1. The first-order valence-electron chi connectivity index (χ1n) is 8.77. The van der Waals surface area contributed by atoms with Crippen LogP contribution in [-0.4, -0.2) is 38.1 Å². The summed E-state index contributed by atoms with van der Waals surface area (Å²) in [6.45, 7) is 7.53. The van der Waals surface area contributed by atoms with Gasteiger partial charge in [0.25, 0.3) is 0 Å². The molecule has 0 fully saturated rings. The fourth-order valence-corrected chi connectivity index (χ4v) is 2.95. The van der Waals surface area contributed by atoms with Crippen LogP contribution in [0.2, 0.25) is 0 Å². The lowest BCUT2D eigenvalue weighted by Gasteiger charge is -2.18. The molecular weight excluding hydrogens is 328 g/mol. The van der Waals surface area contributed by atoms with Crippen LogP contribution in [0.5, 0.6) is 11.5 Å². The van der Waals surface area contributed by atoms with Gasteiger partial charge < -0.3 is 14.8 Å². The lowest BCUT2D eigenvalue weighted by Crippen LogP contribution is -2.29. The number of likely N-dealkylation sites (N-methyl/N-ethyl adjacent to an activating group) is 1. The summed E-state index contributed by atoms with van der Waals surface area (Å²) in [5, 5.41) is 2.96. The Bertz CT molecular complexity index is 739. The predicted molar refractivity (Wildman–Crippen MR) is 105 cm³/mol. The standard InChI is InChI=1S/C21H28N2O3/c1-6-26-19-8-7-17(12-20(19)25-5)13-23(4)14-21(24)22-18-10-15(2)9-16(3)11-18/h7-12H,6,13-14H2,1-5H3,(H,22,24). The first-order chi connectivity index (χ1) is 12.4. The van der Waals surface area contributed by atoms with Crippen LogP contribution in [0.4, 0.5) is 5.69 Å². The molecule has 0 heterocycles. The van der Waals surface area contributed by atoms with E-state index in [9.17, 15) is 4.79 Å². The number of amides is 1. The fraction of sp³-hybridized carbons (Fsp3) is 0.381. The van der Waals surface area contributed by atoms with E-state index in [1.54, 1.807) is 7.11 Å². The second-order valence-corrected chi connectivity index (χ2v) is 6.52. The molecule has 0 atom stereocenters. The monoisotopic (exact) mass is 356 g/mol.